The number of rotatable bonds is 0. The van der Waals surface area contributed by atoms with E-state index >= 15 is 0 Å². The van der Waals surface area contributed by atoms with Crippen LogP contribution in [0.5, 0.6) is 0 Å². The second-order valence-electron chi connectivity index (χ2n) is 1.25. The van der Waals surface area contributed by atoms with Gasteiger partial charge in [0.25, 0.3) is 0 Å². The Balaban J connectivity index is 0.000000187. The molecule has 0 aliphatic rings. The highest BCUT2D eigenvalue weighted by Gasteiger charge is 1.57. The number of benzene rings is 1. The van der Waals surface area contributed by atoms with Gasteiger partial charge in [-0.25, -0.2) is 0 Å². The summed E-state index contributed by atoms with van der Waals surface area (Å²) in [4.78, 5) is 8.25. The summed E-state index contributed by atoms with van der Waals surface area (Å²) in [5, 5.41) is 8.25. The SMILES string of the molecule is O=C[O-].c1ccccc1. The minimum atomic E-state index is -0.500. The van der Waals surface area contributed by atoms with E-state index in [0.29, 0.717) is 0 Å². The molecule has 1 aromatic carbocycles. The van der Waals surface area contributed by atoms with Crippen LogP contribution in [0.15, 0.2) is 36.4 Å². The lowest BCUT2D eigenvalue weighted by atomic mass is 10.4. The van der Waals surface area contributed by atoms with Crippen LogP contribution in [0.2, 0.25) is 0 Å². The molecular weight excluding hydrogens is 116 g/mol. The van der Waals surface area contributed by atoms with Gasteiger partial charge in [-0.15, -0.1) is 0 Å². The van der Waals surface area contributed by atoms with E-state index in [1.165, 1.54) is 0 Å². The van der Waals surface area contributed by atoms with Crippen molar-refractivity contribution < 1.29 is 9.90 Å². The zero-order valence-corrected chi connectivity index (χ0v) is 4.86. The molecular formula is C7H7O2-. The van der Waals surface area contributed by atoms with E-state index in [-0.39, 0.29) is 0 Å². The zero-order chi connectivity index (χ0) is 6.95. The predicted octanol–water partition coefficient (Wildman–Crippen LogP) is 0.0527. The van der Waals surface area contributed by atoms with E-state index in [4.69, 9.17) is 9.90 Å². The van der Waals surface area contributed by atoms with E-state index in [1.807, 2.05) is 36.4 Å². The topological polar surface area (TPSA) is 40.1 Å². The molecule has 2 heteroatoms. The molecule has 9 heavy (non-hydrogen) atoms. The summed E-state index contributed by atoms with van der Waals surface area (Å²) in [5.74, 6) is 0. The van der Waals surface area contributed by atoms with Crippen molar-refractivity contribution in [2.24, 2.45) is 0 Å². The Bertz CT molecular complexity index is 110. The maximum absolute atomic E-state index is 8.25. The van der Waals surface area contributed by atoms with E-state index in [0.717, 1.165) is 0 Å². The fourth-order valence-electron chi connectivity index (χ4n) is 0.385. The van der Waals surface area contributed by atoms with Gasteiger partial charge in [0.1, 0.15) is 0 Å². The Hall–Kier alpha value is -1.31. The monoisotopic (exact) mass is 123 g/mol. The molecule has 0 bridgehead atoms. The first-order chi connectivity index (χ1) is 4.41. The second-order valence-corrected chi connectivity index (χ2v) is 1.25. The molecule has 0 heterocycles. The minimum absolute atomic E-state index is 0.500. The van der Waals surface area contributed by atoms with Crippen LogP contribution in [0.25, 0.3) is 0 Å². The van der Waals surface area contributed by atoms with Gasteiger partial charge in [-0.05, 0) is 0 Å². The maximum Gasteiger partial charge on any atom is 0.0275 e. The highest BCUT2D eigenvalue weighted by atomic mass is 16.3. The summed E-state index contributed by atoms with van der Waals surface area (Å²) < 4.78 is 0. The van der Waals surface area contributed by atoms with E-state index in [9.17, 15) is 0 Å². The highest BCUT2D eigenvalue weighted by molar-refractivity contribution is 5.29. The van der Waals surface area contributed by atoms with Crippen LogP contribution in [-0.2, 0) is 4.79 Å². The molecule has 0 saturated carbocycles. The molecule has 0 saturated heterocycles. The van der Waals surface area contributed by atoms with Crippen LogP contribution < -0.4 is 5.11 Å². The summed E-state index contributed by atoms with van der Waals surface area (Å²) in [5.41, 5.74) is 0. The molecule has 0 unspecified atom stereocenters. The van der Waals surface area contributed by atoms with Gasteiger partial charge in [0.15, 0.2) is 0 Å². The Morgan fingerprint density at radius 2 is 1.00 bits per heavy atom. The normalized spacial score (nSPS) is 6.67. The lowest BCUT2D eigenvalue weighted by molar-refractivity contribution is -0.283. The molecule has 0 aliphatic heterocycles. The molecule has 0 fully saturated rings. The van der Waals surface area contributed by atoms with Crippen LogP contribution in [0.4, 0.5) is 0 Å². The molecule has 0 spiro atoms. The third-order valence-electron chi connectivity index (χ3n) is 0.667. The van der Waals surface area contributed by atoms with Gasteiger partial charge in [-0.1, -0.05) is 36.4 Å². The Morgan fingerprint density at radius 3 is 1.11 bits per heavy atom. The Labute approximate surface area is 53.8 Å². The fourth-order valence-corrected chi connectivity index (χ4v) is 0.385. The van der Waals surface area contributed by atoms with Crippen LogP contribution in [0.3, 0.4) is 0 Å². The van der Waals surface area contributed by atoms with Gasteiger partial charge in [0.2, 0.25) is 0 Å². The largest absolute Gasteiger partial charge is 0.554 e. The molecule has 2 nitrogen and oxygen atoms in total. The van der Waals surface area contributed by atoms with Gasteiger partial charge in [0.05, 0.1) is 0 Å². The lowest BCUT2D eigenvalue weighted by Gasteiger charge is -1.69. The lowest BCUT2D eigenvalue weighted by Crippen LogP contribution is -2.01. The predicted molar refractivity (Wildman–Crippen MR) is 32.5 cm³/mol. The van der Waals surface area contributed by atoms with Crippen molar-refractivity contribution in [2.75, 3.05) is 0 Å². The van der Waals surface area contributed by atoms with Crippen molar-refractivity contribution in [3.8, 4) is 0 Å². The molecule has 0 radical (unpaired) electrons. The molecule has 0 N–H and O–H groups in total. The van der Waals surface area contributed by atoms with Crippen LogP contribution in [0.1, 0.15) is 0 Å². The zero-order valence-electron chi connectivity index (χ0n) is 4.86. The summed E-state index contributed by atoms with van der Waals surface area (Å²) in [6.45, 7) is -0.500. The van der Waals surface area contributed by atoms with Crippen molar-refractivity contribution in [1.82, 2.24) is 0 Å². The van der Waals surface area contributed by atoms with Crippen molar-refractivity contribution in [3.63, 3.8) is 0 Å². The Morgan fingerprint density at radius 1 is 0.889 bits per heavy atom. The van der Waals surface area contributed by atoms with Gasteiger partial charge in [-0.2, -0.15) is 0 Å². The average Bonchev–Trinajstić information content (AvgIpc) is 1.93. The number of hydrogen-bond donors (Lipinski definition) is 0. The molecule has 0 aliphatic carbocycles. The van der Waals surface area contributed by atoms with Gasteiger partial charge >= 0.3 is 0 Å². The minimum Gasteiger partial charge on any atom is -0.554 e. The third-order valence-corrected chi connectivity index (χ3v) is 0.667. The van der Waals surface area contributed by atoms with E-state index in [2.05, 4.69) is 0 Å². The summed E-state index contributed by atoms with van der Waals surface area (Å²) in [6, 6.07) is 12.0. The second kappa shape index (κ2) is 6.69. The van der Waals surface area contributed by atoms with Crippen LogP contribution in [0, 0.1) is 0 Å². The van der Waals surface area contributed by atoms with Crippen molar-refractivity contribution in [1.29, 1.82) is 0 Å². The smallest absolute Gasteiger partial charge is 0.0275 e. The molecule has 0 amide bonds. The molecule has 0 aromatic heterocycles. The first-order valence-electron chi connectivity index (χ1n) is 2.47. The van der Waals surface area contributed by atoms with Gasteiger partial charge in [-0.3, -0.25) is 0 Å². The van der Waals surface area contributed by atoms with Crippen LogP contribution >= 0.6 is 0 Å². The van der Waals surface area contributed by atoms with Crippen LogP contribution in [-0.4, -0.2) is 6.47 Å². The standard InChI is InChI=1S/C6H6.CH2O2/c1-2-4-6-5-3-1;2-1-3/h1-6H;1H,(H,2,3)/p-1. The van der Waals surface area contributed by atoms with Gasteiger partial charge < -0.3 is 9.90 Å². The fraction of sp³-hybridized carbons (Fsp3) is 0. The molecule has 1 rings (SSSR count). The first-order valence-corrected chi connectivity index (χ1v) is 2.47. The molecule has 1 aromatic rings. The van der Waals surface area contributed by atoms with Crippen molar-refractivity contribution in [2.45, 2.75) is 0 Å². The van der Waals surface area contributed by atoms with Crippen molar-refractivity contribution in [3.05, 3.63) is 36.4 Å². The number of carbonyl (C=O) groups excluding carboxylic acids is 1. The van der Waals surface area contributed by atoms with E-state index in [1.54, 1.807) is 0 Å². The first kappa shape index (κ1) is 7.69. The Kier molecular flexibility index (Phi) is 5.72. The van der Waals surface area contributed by atoms with Gasteiger partial charge in [0, 0.05) is 6.47 Å². The molecule has 48 valence electrons. The quantitative estimate of drug-likeness (QED) is 0.457. The number of carboxylic acid groups (broad SMARTS) is 1. The summed E-state index contributed by atoms with van der Waals surface area (Å²) in [6.07, 6.45) is 0. The van der Waals surface area contributed by atoms with E-state index < -0.39 is 6.47 Å². The summed E-state index contributed by atoms with van der Waals surface area (Å²) in [7, 11) is 0. The summed E-state index contributed by atoms with van der Waals surface area (Å²) >= 11 is 0. The highest BCUT2D eigenvalue weighted by Crippen LogP contribution is 1.79. The number of carbonyl (C=O) groups is 1. The maximum atomic E-state index is 8.25. The van der Waals surface area contributed by atoms with Crippen molar-refractivity contribution >= 4 is 6.47 Å². The third kappa shape index (κ3) is 6.69. The molecule has 0 atom stereocenters. The number of hydrogen-bond acceptors (Lipinski definition) is 2. The average molecular weight is 123 g/mol.